The largest absolute Gasteiger partial charge is 0.398 e. The highest BCUT2D eigenvalue weighted by molar-refractivity contribution is 9.10. The molecule has 0 bridgehead atoms. The van der Waals surface area contributed by atoms with Gasteiger partial charge in [-0.25, -0.2) is 0 Å². The molecule has 0 amide bonds. The van der Waals surface area contributed by atoms with E-state index in [-0.39, 0.29) is 0 Å². The second kappa shape index (κ2) is 5.87. The fraction of sp³-hybridized carbons (Fsp3) is 0.571. The molecule has 3 heteroatoms. The summed E-state index contributed by atoms with van der Waals surface area (Å²) < 4.78 is 1.06. The minimum atomic E-state index is 0.875. The number of anilines is 1. The lowest BCUT2D eigenvalue weighted by Crippen LogP contribution is -2.34. The smallest absolute Gasteiger partial charge is 0.0371 e. The van der Waals surface area contributed by atoms with Gasteiger partial charge in [-0.15, -0.1) is 0 Å². The van der Waals surface area contributed by atoms with Gasteiger partial charge in [-0.2, -0.15) is 0 Å². The fourth-order valence-corrected chi connectivity index (χ4v) is 2.96. The van der Waals surface area contributed by atoms with Gasteiger partial charge in [-0.1, -0.05) is 35.3 Å². The van der Waals surface area contributed by atoms with Crippen molar-refractivity contribution in [3.8, 4) is 0 Å². The number of nitrogen functional groups attached to an aromatic ring is 1. The minimum Gasteiger partial charge on any atom is -0.398 e. The Balaban J connectivity index is 2.00. The van der Waals surface area contributed by atoms with E-state index in [0.717, 1.165) is 22.6 Å². The number of benzene rings is 1. The minimum absolute atomic E-state index is 0.875. The Morgan fingerprint density at radius 1 is 1.47 bits per heavy atom. The third kappa shape index (κ3) is 3.46. The Hall–Kier alpha value is -0.540. The van der Waals surface area contributed by atoms with E-state index < -0.39 is 0 Å². The Kier molecular flexibility index (Phi) is 4.46. The van der Waals surface area contributed by atoms with Crippen LogP contribution >= 0.6 is 15.9 Å². The zero-order chi connectivity index (χ0) is 12.3. The molecule has 1 aromatic rings. The van der Waals surface area contributed by atoms with Gasteiger partial charge >= 0.3 is 0 Å². The molecule has 2 rings (SSSR count). The third-order valence-corrected chi connectivity index (χ3v) is 4.18. The monoisotopic (exact) mass is 296 g/mol. The second-order valence-corrected chi connectivity index (χ2v) is 5.91. The summed E-state index contributed by atoms with van der Waals surface area (Å²) in [6, 6.07) is 6.21. The maximum atomic E-state index is 6.05. The molecule has 17 heavy (non-hydrogen) atoms. The summed E-state index contributed by atoms with van der Waals surface area (Å²) in [4.78, 5) is 2.54. The van der Waals surface area contributed by atoms with E-state index in [9.17, 15) is 0 Å². The van der Waals surface area contributed by atoms with Gasteiger partial charge in [0.15, 0.2) is 0 Å². The van der Waals surface area contributed by atoms with Crippen molar-refractivity contribution in [3.63, 3.8) is 0 Å². The van der Waals surface area contributed by atoms with Crippen LogP contribution < -0.4 is 5.73 Å². The zero-order valence-electron chi connectivity index (χ0n) is 10.5. The van der Waals surface area contributed by atoms with Crippen molar-refractivity contribution < 1.29 is 0 Å². The Morgan fingerprint density at radius 2 is 2.29 bits per heavy atom. The number of likely N-dealkylation sites (tertiary alicyclic amines) is 1. The Bertz CT molecular complexity index is 378. The van der Waals surface area contributed by atoms with Crippen molar-refractivity contribution in [3.05, 3.63) is 28.2 Å². The number of hydrogen-bond acceptors (Lipinski definition) is 2. The molecule has 0 aliphatic carbocycles. The number of nitrogens with zero attached hydrogens (tertiary/aromatic N) is 1. The maximum absolute atomic E-state index is 6.05. The predicted octanol–water partition coefficient (Wildman–Crippen LogP) is 3.65. The Morgan fingerprint density at radius 3 is 3.00 bits per heavy atom. The molecule has 1 atom stereocenters. The normalized spacial score (nSPS) is 21.6. The SMILES string of the molecule is CCC1CCCN(Cc2ccc(Br)cc2N)C1. The van der Waals surface area contributed by atoms with E-state index in [1.807, 2.05) is 6.07 Å². The number of rotatable bonds is 3. The zero-order valence-corrected chi connectivity index (χ0v) is 12.0. The summed E-state index contributed by atoms with van der Waals surface area (Å²) in [6.07, 6.45) is 4.02. The Labute approximate surface area is 112 Å². The first-order valence-electron chi connectivity index (χ1n) is 6.45. The molecule has 0 saturated carbocycles. The predicted molar refractivity (Wildman–Crippen MR) is 76.8 cm³/mol. The van der Waals surface area contributed by atoms with Gasteiger partial charge in [0.1, 0.15) is 0 Å². The fourth-order valence-electron chi connectivity index (χ4n) is 2.58. The van der Waals surface area contributed by atoms with E-state index in [1.165, 1.54) is 37.9 Å². The molecule has 94 valence electrons. The number of halogens is 1. The molecule has 0 radical (unpaired) electrons. The quantitative estimate of drug-likeness (QED) is 0.863. The molecule has 1 unspecified atom stereocenters. The second-order valence-electron chi connectivity index (χ2n) is 4.99. The summed E-state index contributed by atoms with van der Waals surface area (Å²) in [5.74, 6) is 0.875. The average Bonchev–Trinajstić information content (AvgIpc) is 2.33. The molecule has 1 fully saturated rings. The first kappa shape index (κ1) is 12.9. The molecule has 0 spiro atoms. The van der Waals surface area contributed by atoms with Gasteiger partial charge in [-0.3, -0.25) is 4.90 Å². The molecule has 1 aromatic carbocycles. The summed E-state index contributed by atoms with van der Waals surface area (Å²) in [6.45, 7) is 5.73. The van der Waals surface area contributed by atoms with Crippen LogP contribution in [-0.4, -0.2) is 18.0 Å². The van der Waals surface area contributed by atoms with Gasteiger partial charge in [0.2, 0.25) is 0 Å². The number of hydrogen-bond donors (Lipinski definition) is 1. The molecule has 1 aliphatic rings. The van der Waals surface area contributed by atoms with Gasteiger partial charge < -0.3 is 5.73 Å². The molecular weight excluding hydrogens is 276 g/mol. The highest BCUT2D eigenvalue weighted by atomic mass is 79.9. The molecule has 2 N–H and O–H groups in total. The third-order valence-electron chi connectivity index (χ3n) is 3.68. The van der Waals surface area contributed by atoms with Crippen LogP contribution in [0.1, 0.15) is 31.7 Å². The highest BCUT2D eigenvalue weighted by Crippen LogP contribution is 2.24. The van der Waals surface area contributed by atoms with Crippen LogP contribution in [-0.2, 0) is 6.54 Å². The lowest BCUT2D eigenvalue weighted by atomic mass is 9.95. The number of piperidine rings is 1. The van der Waals surface area contributed by atoms with Crippen molar-refractivity contribution in [2.45, 2.75) is 32.7 Å². The van der Waals surface area contributed by atoms with E-state index >= 15 is 0 Å². The summed E-state index contributed by atoms with van der Waals surface area (Å²) in [5, 5.41) is 0. The summed E-state index contributed by atoms with van der Waals surface area (Å²) in [5.41, 5.74) is 8.20. The van der Waals surface area contributed by atoms with Gasteiger partial charge in [0.05, 0.1) is 0 Å². The van der Waals surface area contributed by atoms with E-state index in [0.29, 0.717) is 0 Å². The first-order chi connectivity index (χ1) is 8.19. The van der Waals surface area contributed by atoms with E-state index in [1.54, 1.807) is 0 Å². The molecule has 0 aromatic heterocycles. The van der Waals surface area contributed by atoms with Gasteiger partial charge in [-0.05, 0) is 43.0 Å². The lowest BCUT2D eigenvalue weighted by Gasteiger charge is -2.32. The van der Waals surface area contributed by atoms with E-state index in [2.05, 4.69) is 39.9 Å². The van der Waals surface area contributed by atoms with Crippen molar-refractivity contribution >= 4 is 21.6 Å². The van der Waals surface area contributed by atoms with Crippen LogP contribution in [0.2, 0.25) is 0 Å². The van der Waals surface area contributed by atoms with Crippen LogP contribution in [0, 0.1) is 5.92 Å². The van der Waals surface area contributed by atoms with Gasteiger partial charge in [0.25, 0.3) is 0 Å². The van der Waals surface area contributed by atoms with E-state index in [4.69, 9.17) is 5.73 Å². The van der Waals surface area contributed by atoms with Crippen molar-refractivity contribution in [1.82, 2.24) is 4.90 Å². The van der Waals surface area contributed by atoms with Crippen molar-refractivity contribution in [1.29, 1.82) is 0 Å². The van der Waals surface area contributed by atoms with Crippen LogP contribution in [0.5, 0.6) is 0 Å². The molecule has 1 saturated heterocycles. The highest BCUT2D eigenvalue weighted by Gasteiger charge is 2.18. The topological polar surface area (TPSA) is 29.3 Å². The van der Waals surface area contributed by atoms with Crippen molar-refractivity contribution in [2.24, 2.45) is 5.92 Å². The van der Waals surface area contributed by atoms with Crippen LogP contribution in [0.3, 0.4) is 0 Å². The molecule has 1 aliphatic heterocycles. The van der Waals surface area contributed by atoms with Crippen molar-refractivity contribution in [2.75, 3.05) is 18.8 Å². The molecule has 2 nitrogen and oxygen atoms in total. The molecular formula is C14H21BrN2. The summed E-state index contributed by atoms with van der Waals surface area (Å²) in [7, 11) is 0. The summed E-state index contributed by atoms with van der Waals surface area (Å²) >= 11 is 3.45. The first-order valence-corrected chi connectivity index (χ1v) is 7.24. The van der Waals surface area contributed by atoms with Crippen LogP contribution in [0.4, 0.5) is 5.69 Å². The van der Waals surface area contributed by atoms with Gasteiger partial charge in [0, 0.05) is 23.2 Å². The van der Waals surface area contributed by atoms with Crippen LogP contribution in [0.15, 0.2) is 22.7 Å². The lowest BCUT2D eigenvalue weighted by molar-refractivity contribution is 0.165. The molecule has 1 heterocycles. The maximum Gasteiger partial charge on any atom is 0.0371 e. The van der Waals surface area contributed by atoms with Crippen LogP contribution in [0.25, 0.3) is 0 Å². The standard InChI is InChI=1S/C14H21BrN2/c1-2-11-4-3-7-17(9-11)10-12-5-6-13(15)8-14(12)16/h5-6,8,11H,2-4,7,9-10,16H2,1H3. The number of nitrogens with two attached hydrogens (primary N) is 1. The average molecular weight is 297 g/mol.